The van der Waals surface area contributed by atoms with E-state index in [2.05, 4.69) is 271 Å². The Morgan fingerprint density at radius 3 is 0.883 bits per heavy atom. The number of fused-ring (bicyclic) bond motifs is 20. The summed E-state index contributed by atoms with van der Waals surface area (Å²) in [5.74, 6) is 1.45. The van der Waals surface area contributed by atoms with E-state index in [0.29, 0.717) is 5.46 Å². The summed E-state index contributed by atoms with van der Waals surface area (Å²) >= 11 is 3.54. The second-order valence-electron chi connectivity index (χ2n) is 26.2. The first-order chi connectivity index (χ1) is 50.3. The second-order valence-corrected chi connectivity index (χ2v) is 27.1. The third-order valence-electron chi connectivity index (χ3n) is 20.6. The molecule has 2 N–H and O–H groups in total. The van der Waals surface area contributed by atoms with Gasteiger partial charge in [-0.05, 0) is 142 Å². The third kappa shape index (κ3) is 10.9. The second kappa shape index (κ2) is 26.7. The van der Waals surface area contributed by atoms with Crippen molar-refractivity contribution in [3.05, 3.63) is 413 Å². The monoisotopic (exact) mass is 1380 g/mol. The fourth-order valence-electron chi connectivity index (χ4n) is 16.2. The fourth-order valence-corrected chi connectivity index (χ4v) is 16.6. The molecular weight excluding hydrogens is 1320 g/mol. The zero-order valence-electron chi connectivity index (χ0n) is 55.3. The van der Waals surface area contributed by atoms with Crippen LogP contribution in [0.15, 0.2) is 368 Å². The number of aromatic nitrogens is 4. The van der Waals surface area contributed by atoms with Gasteiger partial charge in [0.05, 0.1) is 33.6 Å². The van der Waals surface area contributed by atoms with Crippen LogP contribution in [0.2, 0.25) is 0 Å². The number of hydrogen-bond acceptors (Lipinski definition) is 6. The van der Waals surface area contributed by atoms with E-state index in [-0.39, 0.29) is 12.8 Å². The molecule has 0 radical (unpaired) electrons. The summed E-state index contributed by atoms with van der Waals surface area (Å²) in [5.41, 5.74) is 32.4. The minimum Gasteiger partial charge on any atom is -0.423 e. The summed E-state index contributed by atoms with van der Waals surface area (Å²) in [4.78, 5) is 19.7. The van der Waals surface area contributed by atoms with Gasteiger partial charge in [-0.3, -0.25) is 0 Å². The molecule has 103 heavy (non-hydrogen) atoms. The Morgan fingerprint density at radius 2 is 0.505 bits per heavy atom. The van der Waals surface area contributed by atoms with Crippen molar-refractivity contribution < 1.29 is 10.0 Å². The van der Waals surface area contributed by atoms with Gasteiger partial charge in [0.2, 0.25) is 0 Å². The molecule has 0 unspecified atom stereocenters. The average Bonchev–Trinajstić information content (AvgIpc) is 1.52. The van der Waals surface area contributed by atoms with Gasteiger partial charge in [0.1, 0.15) is 0 Å². The fraction of sp³-hybridized carbons (Fsp3) is 0.0316. The summed E-state index contributed by atoms with van der Waals surface area (Å²) < 4.78 is 1.03. The predicted molar refractivity (Wildman–Crippen MR) is 425 cm³/mol. The molecule has 488 valence electrons. The van der Waals surface area contributed by atoms with Crippen molar-refractivity contribution in [2.45, 2.75) is 18.3 Å². The quantitative estimate of drug-likeness (QED) is 0.147. The smallest absolute Gasteiger partial charge is 0.423 e. The van der Waals surface area contributed by atoms with Gasteiger partial charge in [0, 0.05) is 37.9 Å². The van der Waals surface area contributed by atoms with Gasteiger partial charge < -0.3 is 10.0 Å². The lowest BCUT2D eigenvalue weighted by Gasteiger charge is -2.30. The molecule has 0 saturated carbocycles. The molecule has 2 heterocycles. The molecular formula is C95H66BBrN4O2. The highest BCUT2D eigenvalue weighted by Gasteiger charge is 2.53. The highest BCUT2D eigenvalue weighted by atomic mass is 79.9. The first kappa shape index (κ1) is 64.1. The number of nitrogens with zero attached hydrogens (tertiary/aromatic N) is 4. The van der Waals surface area contributed by atoms with Crippen LogP contribution in [0, 0.1) is 0 Å². The molecule has 0 aliphatic heterocycles. The van der Waals surface area contributed by atoms with E-state index in [1.54, 1.807) is 0 Å². The molecule has 14 aromatic carbocycles. The summed E-state index contributed by atoms with van der Waals surface area (Å²) in [6, 6.07) is 128. The van der Waals surface area contributed by atoms with E-state index in [4.69, 9.17) is 19.9 Å². The summed E-state index contributed by atoms with van der Waals surface area (Å²) in [5, 5.41) is 19.7. The van der Waals surface area contributed by atoms with Gasteiger partial charge in [-0.25, -0.2) is 19.9 Å². The first-order valence-corrected chi connectivity index (χ1v) is 35.2. The standard InChI is InChI=1S/C47H30N2.C25H17BO2.C22H15BrN2.CH4/c1-3-14-31(15-4-1)44-30-45(49-46(48-44)32-16-5-2-6-17-32)35-19-13-18-33(28-35)34-26-27-39-38-22-9-12-25-42(38)47(43(39)29-34)40-23-10-7-20-36(40)37-21-8-11-24-41(37)47;27-26(28)16-13-14-20-19-9-3-6-12-23(19)25(24(20)15-16)21-10-4-1-7-17(21)18-8-2-5-11-22(18)25;23-19-13-7-12-18(14-19)21-15-20(16-8-3-1-4-9-16)24-22(25-21)17-10-5-2-6-11-17;/h1-30H;1-15,27-28H;1-15H;1H4. The van der Waals surface area contributed by atoms with E-state index in [1.807, 2.05) is 109 Å². The van der Waals surface area contributed by atoms with E-state index in [9.17, 15) is 10.0 Å². The predicted octanol–water partition coefficient (Wildman–Crippen LogP) is 22.1. The van der Waals surface area contributed by atoms with Gasteiger partial charge >= 0.3 is 7.12 Å². The Bertz CT molecular complexity index is 5670. The summed E-state index contributed by atoms with van der Waals surface area (Å²) in [6.07, 6.45) is 0. The zero-order valence-corrected chi connectivity index (χ0v) is 56.9. The molecule has 0 fully saturated rings. The van der Waals surface area contributed by atoms with Crippen LogP contribution in [-0.4, -0.2) is 37.1 Å². The maximum Gasteiger partial charge on any atom is 0.488 e. The van der Waals surface area contributed by atoms with Gasteiger partial charge in [0.25, 0.3) is 0 Å². The number of rotatable bonds is 8. The first-order valence-electron chi connectivity index (χ1n) is 34.4. The van der Waals surface area contributed by atoms with E-state index < -0.39 is 12.5 Å². The highest BCUT2D eigenvalue weighted by Crippen LogP contribution is 2.64. The molecule has 0 bridgehead atoms. The van der Waals surface area contributed by atoms with E-state index in [1.165, 1.54) is 83.5 Å². The zero-order chi connectivity index (χ0) is 68.3. The van der Waals surface area contributed by atoms with Crippen molar-refractivity contribution in [3.8, 4) is 123 Å². The van der Waals surface area contributed by atoms with Crippen molar-refractivity contribution in [1.82, 2.24) is 19.9 Å². The lowest BCUT2D eigenvalue weighted by Crippen LogP contribution is -2.32. The van der Waals surface area contributed by atoms with E-state index >= 15 is 0 Å². The minimum absolute atomic E-state index is 0. The maximum absolute atomic E-state index is 9.85. The molecule has 0 amide bonds. The van der Waals surface area contributed by atoms with Crippen molar-refractivity contribution in [2.24, 2.45) is 0 Å². The van der Waals surface area contributed by atoms with Gasteiger partial charge in [0.15, 0.2) is 11.6 Å². The Labute approximate surface area is 609 Å². The van der Waals surface area contributed by atoms with Gasteiger partial charge in [-0.1, -0.05) is 351 Å². The molecule has 4 aliphatic rings. The largest absolute Gasteiger partial charge is 0.488 e. The van der Waals surface area contributed by atoms with Crippen LogP contribution in [0.1, 0.15) is 51.9 Å². The molecule has 0 saturated heterocycles. The van der Waals surface area contributed by atoms with Crippen LogP contribution in [0.25, 0.3) is 123 Å². The molecule has 6 nitrogen and oxygen atoms in total. The van der Waals surface area contributed by atoms with Crippen LogP contribution in [-0.2, 0) is 10.8 Å². The SMILES string of the molecule is Brc1cccc(-c2cc(-c3ccccc3)nc(-c3ccccc3)n2)c1.C.OB(O)c1ccc2c(c1)C1(c3ccccc3-c3ccccc31)c1ccccc1-2.c1ccc(-c2cc(-c3cccc(-c4ccc5c(c4)C4(c6ccccc6-c6ccccc64)c4ccccc4-5)c3)nc(-c3ccccc3)n2)cc1. The van der Waals surface area contributed by atoms with Gasteiger partial charge in [-0.15, -0.1) is 0 Å². The van der Waals surface area contributed by atoms with Crippen molar-refractivity contribution >= 4 is 28.5 Å². The number of benzene rings is 14. The van der Waals surface area contributed by atoms with Crippen molar-refractivity contribution in [2.75, 3.05) is 0 Å². The molecule has 2 aromatic heterocycles. The van der Waals surface area contributed by atoms with Crippen LogP contribution < -0.4 is 5.46 Å². The summed E-state index contributed by atoms with van der Waals surface area (Å²) in [6.45, 7) is 0. The summed E-state index contributed by atoms with van der Waals surface area (Å²) in [7, 11) is -1.49. The third-order valence-corrected chi connectivity index (χ3v) is 21.1. The van der Waals surface area contributed by atoms with Crippen LogP contribution in [0.4, 0.5) is 0 Å². The number of halogens is 1. The molecule has 4 aliphatic carbocycles. The number of hydrogen-bond donors (Lipinski definition) is 2. The molecule has 8 heteroatoms. The van der Waals surface area contributed by atoms with Crippen LogP contribution in [0.3, 0.4) is 0 Å². The lowest BCUT2D eigenvalue weighted by molar-refractivity contribution is 0.425. The Morgan fingerprint density at radius 1 is 0.223 bits per heavy atom. The average molecular weight is 1390 g/mol. The normalized spacial score (nSPS) is 12.7. The van der Waals surface area contributed by atoms with E-state index in [0.717, 1.165) is 89.0 Å². The maximum atomic E-state index is 9.85. The molecule has 2 spiro atoms. The van der Waals surface area contributed by atoms with Gasteiger partial charge in [-0.2, -0.15) is 0 Å². The van der Waals surface area contributed by atoms with Crippen molar-refractivity contribution in [1.29, 1.82) is 0 Å². The van der Waals surface area contributed by atoms with Crippen LogP contribution >= 0.6 is 15.9 Å². The molecule has 0 atom stereocenters. The Kier molecular flexibility index (Phi) is 16.6. The Hall–Kier alpha value is -12.3. The Balaban J connectivity index is 0.000000124. The lowest BCUT2D eigenvalue weighted by atomic mass is 9.68. The molecule has 20 rings (SSSR count). The van der Waals surface area contributed by atoms with Crippen LogP contribution in [0.5, 0.6) is 0 Å². The molecule has 16 aromatic rings. The topological polar surface area (TPSA) is 92.0 Å². The highest BCUT2D eigenvalue weighted by molar-refractivity contribution is 9.10. The minimum atomic E-state index is -1.49. The van der Waals surface area contributed by atoms with Crippen molar-refractivity contribution in [3.63, 3.8) is 0 Å².